The van der Waals surface area contributed by atoms with Crippen LogP contribution in [0.5, 0.6) is 0 Å². The summed E-state index contributed by atoms with van der Waals surface area (Å²) in [6.07, 6.45) is 1.30. The van der Waals surface area contributed by atoms with Crippen molar-refractivity contribution in [2.45, 2.75) is 13.8 Å². The molecule has 0 spiro atoms. The van der Waals surface area contributed by atoms with E-state index in [1.54, 1.807) is 37.3 Å². The average Bonchev–Trinajstić information content (AvgIpc) is 3.19. The number of carbonyl (C=O) groups excluding carboxylic acids is 2. The van der Waals surface area contributed by atoms with Crippen LogP contribution < -0.4 is 5.43 Å². The van der Waals surface area contributed by atoms with Gasteiger partial charge in [0, 0.05) is 22.8 Å². The zero-order chi connectivity index (χ0) is 23.8. The van der Waals surface area contributed by atoms with Crippen LogP contribution in [0.4, 0.5) is 0 Å². The van der Waals surface area contributed by atoms with Gasteiger partial charge in [0.25, 0.3) is 0 Å². The largest absolute Gasteiger partial charge is 0.462 e. The average molecular weight is 451 g/mol. The third-order valence-corrected chi connectivity index (χ3v) is 5.74. The molecule has 0 amide bonds. The normalized spacial score (nSPS) is 11.1. The number of hydrogen-bond donors (Lipinski definition) is 1. The second-order valence-corrected chi connectivity index (χ2v) is 7.82. The molecule has 0 saturated carbocycles. The van der Waals surface area contributed by atoms with Gasteiger partial charge in [-0.2, -0.15) is 0 Å². The van der Waals surface area contributed by atoms with Crippen molar-refractivity contribution >= 4 is 33.7 Å². The van der Waals surface area contributed by atoms with Gasteiger partial charge in [0.05, 0.1) is 23.2 Å². The number of para-hydroxylation sites is 1. The van der Waals surface area contributed by atoms with Crippen LogP contribution >= 0.6 is 0 Å². The number of imidazole rings is 1. The van der Waals surface area contributed by atoms with Crippen molar-refractivity contribution in [1.29, 1.82) is 0 Å². The van der Waals surface area contributed by atoms with Crippen LogP contribution in [0.25, 0.3) is 27.6 Å². The predicted octanol–water partition coefficient (Wildman–Crippen LogP) is 4.58. The molecule has 5 rings (SSSR count). The fraction of sp³-hybridized carbons (Fsp3) is 0.111. The summed E-state index contributed by atoms with van der Waals surface area (Å²) in [5.74, 6) is -0.320. The monoisotopic (exact) mass is 451 g/mol. The smallest absolute Gasteiger partial charge is 0.343 e. The molecule has 3 aromatic carbocycles. The Morgan fingerprint density at radius 2 is 1.71 bits per heavy atom. The number of pyridine rings is 1. The molecule has 0 aliphatic carbocycles. The standard InChI is InChI=1S/C27H21N3O4/c1-3-34-27(33)20-15-28-23-19(26(20)32)14-21-24(22(23)25(31)17-10-6-4-7-11-17)29-16(2)30(21)18-12-8-5-9-13-18/h4-15H,3H2,1-2H3,(H,28,32). The highest BCUT2D eigenvalue weighted by Gasteiger charge is 2.25. The summed E-state index contributed by atoms with van der Waals surface area (Å²) >= 11 is 0. The Kier molecular flexibility index (Phi) is 5.30. The van der Waals surface area contributed by atoms with Crippen LogP contribution in [0.3, 0.4) is 0 Å². The molecule has 0 radical (unpaired) electrons. The number of nitrogens with one attached hydrogen (secondary N) is 1. The third-order valence-electron chi connectivity index (χ3n) is 5.74. The minimum atomic E-state index is -0.713. The Morgan fingerprint density at radius 1 is 1.03 bits per heavy atom. The maximum absolute atomic E-state index is 13.7. The fourth-order valence-electron chi connectivity index (χ4n) is 4.23. The molecule has 1 N–H and O–H groups in total. The number of esters is 1. The van der Waals surface area contributed by atoms with Crippen molar-refractivity contribution in [2.24, 2.45) is 0 Å². The number of ketones is 1. The first-order valence-electron chi connectivity index (χ1n) is 10.9. The second-order valence-electron chi connectivity index (χ2n) is 7.82. The summed E-state index contributed by atoms with van der Waals surface area (Å²) in [6, 6.07) is 20.1. The minimum Gasteiger partial charge on any atom is -0.462 e. The fourth-order valence-corrected chi connectivity index (χ4v) is 4.23. The van der Waals surface area contributed by atoms with Crippen LogP contribution in [-0.4, -0.2) is 32.9 Å². The van der Waals surface area contributed by atoms with E-state index >= 15 is 0 Å². The molecule has 34 heavy (non-hydrogen) atoms. The lowest BCUT2D eigenvalue weighted by atomic mass is 9.97. The van der Waals surface area contributed by atoms with Gasteiger partial charge in [-0.1, -0.05) is 48.5 Å². The number of rotatable bonds is 5. The number of ether oxygens (including phenoxy) is 1. The molecule has 0 bridgehead atoms. The van der Waals surface area contributed by atoms with E-state index in [0.29, 0.717) is 27.9 Å². The SMILES string of the molecule is CCOC(=O)c1c[nH]c2c(C(=O)c3ccccc3)c3nc(C)n(-c4ccccc4)c3cc2c1=O. The van der Waals surface area contributed by atoms with Gasteiger partial charge >= 0.3 is 5.97 Å². The molecule has 7 heteroatoms. The number of aryl methyl sites for hydroxylation is 1. The first-order chi connectivity index (χ1) is 16.5. The van der Waals surface area contributed by atoms with Crippen LogP contribution in [0.1, 0.15) is 39.0 Å². The number of hydrogen-bond acceptors (Lipinski definition) is 5. The first kappa shape index (κ1) is 21.3. The number of benzene rings is 3. The molecule has 0 saturated heterocycles. The lowest BCUT2D eigenvalue weighted by molar-refractivity contribution is 0.0524. The van der Waals surface area contributed by atoms with E-state index in [4.69, 9.17) is 9.72 Å². The molecule has 2 heterocycles. The van der Waals surface area contributed by atoms with E-state index < -0.39 is 11.4 Å². The number of carbonyl (C=O) groups is 2. The Morgan fingerprint density at radius 3 is 2.38 bits per heavy atom. The minimum absolute atomic E-state index is 0.116. The van der Waals surface area contributed by atoms with Gasteiger partial charge in [-0.15, -0.1) is 0 Å². The lowest BCUT2D eigenvalue weighted by Crippen LogP contribution is -2.19. The maximum Gasteiger partial charge on any atom is 0.343 e. The van der Waals surface area contributed by atoms with Gasteiger partial charge < -0.3 is 9.72 Å². The van der Waals surface area contributed by atoms with E-state index in [1.807, 2.05) is 47.9 Å². The van der Waals surface area contributed by atoms with E-state index in [-0.39, 0.29) is 28.9 Å². The van der Waals surface area contributed by atoms with Crippen molar-refractivity contribution in [3.05, 3.63) is 106 Å². The molecule has 0 aliphatic rings. The second kappa shape index (κ2) is 8.44. The van der Waals surface area contributed by atoms with Crippen LogP contribution in [0.15, 0.2) is 77.7 Å². The number of fused-ring (bicyclic) bond motifs is 2. The number of nitrogens with zero attached hydrogens (tertiary/aromatic N) is 2. The summed E-state index contributed by atoms with van der Waals surface area (Å²) in [5, 5.41) is 0.217. The molecular weight excluding hydrogens is 430 g/mol. The molecular formula is C27H21N3O4. The van der Waals surface area contributed by atoms with Crippen LogP contribution in [0.2, 0.25) is 0 Å². The highest BCUT2D eigenvalue weighted by molar-refractivity contribution is 6.22. The summed E-state index contributed by atoms with van der Waals surface area (Å²) < 4.78 is 6.94. The third kappa shape index (κ3) is 3.38. The molecule has 0 aliphatic heterocycles. The summed E-state index contributed by atoms with van der Waals surface area (Å²) in [6.45, 7) is 3.67. The quantitative estimate of drug-likeness (QED) is 0.312. The van der Waals surface area contributed by atoms with Gasteiger partial charge in [-0.05, 0) is 32.0 Å². The van der Waals surface area contributed by atoms with Gasteiger partial charge in [0.15, 0.2) is 5.78 Å². The predicted molar refractivity (Wildman–Crippen MR) is 130 cm³/mol. The summed E-state index contributed by atoms with van der Waals surface area (Å²) in [7, 11) is 0. The van der Waals surface area contributed by atoms with Gasteiger partial charge in [0.2, 0.25) is 5.43 Å². The highest BCUT2D eigenvalue weighted by Crippen LogP contribution is 2.30. The molecule has 0 fully saturated rings. The number of aromatic nitrogens is 3. The molecule has 0 unspecified atom stereocenters. The Balaban J connectivity index is 1.90. The van der Waals surface area contributed by atoms with Crippen LogP contribution in [-0.2, 0) is 4.74 Å². The first-order valence-corrected chi connectivity index (χ1v) is 10.9. The van der Waals surface area contributed by atoms with Crippen molar-refractivity contribution in [3.63, 3.8) is 0 Å². The van der Waals surface area contributed by atoms with Gasteiger partial charge in [-0.3, -0.25) is 14.2 Å². The molecule has 5 aromatic rings. The van der Waals surface area contributed by atoms with Gasteiger partial charge in [-0.25, -0.2) is 9.78 Å². The van der Waals surface area contributed by atoms with Crippen molar-refractivity contribution in [3.8, 4) is 5.69 Å². The summed E-state index contributed by atoms with van der Waals surface area (Å²) in [4.78, 5) is 47.2. The molecule has 7 nitrogen and oxygen atoms in total. The van der Waals surface area contributed by atoms with Crippen molar-refractivity contribution in [1.82, 2.24) is 14.5 Å². The molecule has 0 atom stereocenters. The van der Waals surface area contributed by atoms with Gasteiger partial charge in [0.1, 0.15) is 16.9 Å². The Labute approximate surface area is 194 Å². The highest BCUT2D eigenvalue weighted by atomic mass is 16.5. The van der Waals surface area contributed by atoms with E-state index in [0.717, 1.165) is 5.69 Å². The Bertz CT molecular complexity index is 1620. The zero-order valence-corrected chi connectivity index (χ0v) is 18.7. The Hall–Kier alpha value is -4.52. The summed E-state index contributed by atoms with van der Waals surface area (Å²) in [5.41, 5.74) is 2.38. The van der Waals surface area contributed by atoms with E-state index in [9.17, 15) is 14.4 Å². The van der Waals surface area contributed by atoms with E-state index in [2.05, 4.69) is 4.98 Å². The number of H-pyrrole nitrogens is 1. The van der Waals surface area contributed by atoms with Crippen molar-refractivity contribution < 1.29 is 14.3 Å². The zero-order valence-electron chi connectivity index (χ0n) is 18.7. The van der Waals surface area contributed by atoms with Crippen molar-refractivity contribution in [2.75, 3.05) is 6.61 Å². The molecule has 168 valence electrons. The van der Waals surface area contributed by atoms with Crippen LogP contribution in [0, 0.1) is 6.92 Å². The lowest BCUT2D eigenvalue weighted by Gasteiger charge is -2.11. The maximum atomic E-state index is 13.7. The molecule has 2 aromatic heterocycles. The topological polar surface area (TPSA) is 94.1 Å². The van der Waals surface area contributed by atoms with E-state index in [1.165, 1.54) is 6.20 Å². The number of aromatic amines is 1.